The van der Waals surface area contributed by atoms with E-state index < -0.39 is 0 Å². The molecule has 17 heavy (non-hydrogen) atoms. The summed E-state index contributed by atoms with van der Waals surface area (Å²) in [5, 5.41) is 5.98. The summed E-state index contributed by atoms with van der Waals surface area (Å²) in [6.45, 7) is 1.94. The van der Waals surface area contributed by atoms with Crippen LogP contribution in [0.25, 0.3) is 0 Å². The molecule has 0 aliphatic heterocycles. The van der Waals surface area contributed by atoms with Crippen molar-refractivity contribution in [2.75, 3.05) is 20.1 Å². The summed E-state index contributed by atoms with van der Waals surface area (Å²) in [6.07, 6.45) is 3.78. The van der Waals surface area contributed by atoms with E-state index in [4.69, 9.17) is 0 Å². The van der Waals surface area contributed by atoms with Crippen molar-refractivity contribution in [2.45, 2.75) is 25.7 Å². The number of carbonyl (C=O) groups is 1. The molecular formula is C14H22N2O. The van der Waals surface area contributed by atoms with E-state index in [0.717, 1.165) is 32.4 Å². The van der Waals surface area contributed by atoms with Gasteiger partial charge in [0.25, 0.3) is 0 Å². The molecule has 0 spiro atoms. The lowest BCUT2D eigenvalue weighted by molar-refractivity contribution is -0.120. The molecule has 1 rings (SSSR count). The highest BCUT2D eigenvalue weighted by Crippen LogP contribution is 2.01. The van der Waals surface area contributed by atoms with Gasteiger partial charge in [-0.15, -0.1) is 0 Å². The standard InChI is InChI=1S/C14H22N2O/c1-15-14(17)10-6-12-16-11-5-9-13-7-3-2-4-8-13/h2-4,7-8,16H,5-6,9-12H2,1H3,(H,15,17). The Bertz CT molecular complexity index is 311. The zero-order valence-corrected chi connectivity index (χ0v) is 10.5. The third-order valence-electron chi connectivity index (χ3n) is 2.70. The quantitative estimate of drug-likeness (QED) is 0.673. The molecule has 1 aromatic carbocycles. The van der Waals surface area contributed by atoms with Gasteiger partial charge >= 0.3 is 0 Å². The van der Waals surface area contributed by atoms with Crippen molar-refractivity contribution in [3.05, 3.63) is 35.9 Å². The van der Waals surface area contributed by atoms with Gasteiger partial charge in [-0.2, -0.15) is 0 Å². The lowest BCUT2D eigenvalue weighted by atomic mass is 10.1. The highest BCUT2D eigenvalue weighted by atomic mass is 16.1. The molecule has 0 heterocycles. The lowest BCUT2D eigenvalue weighted by Gasteiger charge is -2.04. The van der Waals surface area contributed by atoms with Gasteiger partial charge in [0, 0.05) is 13.5 Å². The Morgan fingerprint density at radius 3 is 2.53 bits per heavy atom. The van der Waals surface area contributed by atoms with Crippen molar-refractivity contribution < 1.29 is 4.79 Å². The molecule has 1 amide bonds. The minimum atomic E-state index is 0.121. The smallest absolute Gasteiger partial charge is 0.219 e. The second-order valence-electron chi connectivity index (χ2n) is 4.12. The van der Waals surface area contributed by atoms with Crippen molar-refractivity contribution >= 4 is 5.91 Å². The largest absolute Gasteiger partial charge is 0.359 e. The molecule has 0 fully saturated rings. The van der Waals surface area contributed by atoms with Gasteiger partial charge in [-0.25, -0.2) is 0 Å². The molecule has 0 unspecified atom stereocenters. The zero-order valence-electron chi connectivity index (χ0n) is 10.5. The number of carbonyl (C=O) groups excluding carboxylic acids is 1. The summed E-state index contributed by atoms with van der Waals surface area (Å²) in [7, 11) is 1.68. The van der Waals surface area contributed by atoms with Crippen molar-refractivity contribution in [1.82, 2.24) is 10.6 Å². The Kier molecular flexibility index (Phi) is 7.07. The summed E-state index contributed by atoms with van der Waals surface area (Å²) in [5.74, 6) is 0.121. The molecule has 0 aliphatic carbocycles. The number of hydrogen-bond acceptors (Lipinski definition) is 2. The summed E-state index contributed by atoms with van der Waals surface area (Å²) < 4.78 is 0. The highest BCUT2D eigenvalue weighted by molar-refractivity contribution is 5.75. The summed E-state index contributed by atoms with van der Waals surface area (Å²) in [4.78, 5) is 10.9. The first-order chi connectivity index (χ1) is 8.33. The van der Waals surface area contributed by atoms with Gasteiger partial charge in [0.1, 0.15) is 0 Å². The van der Waals surface area contributed by atoms with Crippen LogP contribution in [0.3, 0.4) is 0 Å². The van der Waals surface area contributed by atoms with Gasteiger partial charge in [-0.3, -0.25) is 4.79 Å². The Morgan fingerprint density at radius 2 is 1.82 bits per heavy atom. The molecule has 3 heteroatoms. The predicted octanol–water partition coefficient (Wildman–Crippen LogP) is 1.73. The van der Waals surface area contributed by atoms with E-state index >= 15 is 0 Å². The Morgan fingerprint density at radius 1 is 1.12 bits per heavy atom. The summed E-state index contributed by atoms with van der Waals surface area (Å²) in [6, 6.07) is 10.5. The first kappa shape index (κ1) is 13.7. The number of hydrogen-bond donors (Lipinski definition) is 2. The molecule has 0 saturated heterocycles. The monoisotopic (exact) mass is 234 g/mol. The van der Waals surface area contributed by atoms with Crippen LogP contribution in [-0.4, -0.2) is 26.0 Å². The van der Waals surface area contributed by atoms with Gasteiger partial charge in [0.2, 0.25) is 5.91 Å². The van der Waals surface area contributed by atoms with Gasteiger partial charge in [0.05, 0.1) is 0 Å². The average molecular weight is 234 g/mol. The fourth-order valence-electron chi connectivity index (χ4n) is 1.69. The van der Waals surface area contributed by atoms with Crippen LogP contribution in [-0.2, 0) is 11.2 Å². The summed E-state index contributed by atoms with van der Waals surface area (Å²) >= 11 is 0. The first-order valence-electron chi connectivity index (χ1n) is 6.28. The third-order valence-corrected chi connectivity index (χ3v) is 2.70. The maximum Gasteiger partial charge on any atom is 0.219 e. The van der Waals surface area contributed by atoms with Crippen LogP contribution in [0.15, 0.2) is 30.3 Å². The number of rotatable bonds is 8. The SMILES string of the molecule is CNC(=O)CCCNCCCc1ccccc1. The van der Waals surface area contributed by atoms with Crippen LogP contribution in [0.2, 0.25) is 0 Å². The predicted molar refractivity (Wildman–Crippen MR) is 70.9 cm³/mol. The molecule has 0 bridgehead atoms. The van der Waals surface area contributed by atoms with Crippen LogP contribution in [0.4, 0.5) is 0 Å². The fourth-order valence-corrected chi connectivity index (χ4v) is 1.69. The average Bonchev–Trinajstić information content (AvgIpc) is 2.38. The second kappa shape index (κ2) is 8.76. The second-order valence-corrected chi connectivity index (χ2v) is 4.12. The molecule has 0 aromatic heterocycles. The topological polar surface area (TPSA) is 41.1 Å². The van der Waals surface area contributed by atoms with Gasteiger partial charge in [-0.1, -0.05) is 30.3 Å². The Labute approximate surface area is 104 Å². The molecule has 3 nitrogen and oxygen atoms in total. The Balaban J connectivity index is 1.93. The van der Waals surface area contributed by atoms with Crippen molar-refractivity contribution in [2.24, 2.45) is 0 Å². The molecule has 0 atom stereocenters. The number of nitrogens with one attached hydrogen (secondary N) is 2. The maximum absolute atomic E-state index is 10.9. The van der Waals surface area contributed by atoms with Gasteiger partial charge < -0.3 is 10.6 Å². The van der Waals surface area contributed by atoms with E-state index in [1.54, 1.807) is 7.05 Å². The summed E-state index contributed by atoms with van der Waals surface area (Å²) in [5.41, 5.74) is 1.39. The van der Waals surface area contributed by atoms with E-state index in [2.05, 4.69) is 34.9 Å². The van der Waals surface area contributed by atoms with Crippen LogP contribution in [0, 0.1) is 0 Å². The third kappa shape index (κ3) is 6.74. The molecule has 2 N–H and O–H groups in total. The van der Waals surface area contributed by atoms with Crippen LogP contribution < -0.4 is 10.6 Å². The van der Waals surface area contributed by atoms with Crippen LogP contribution in [0.1, 0.15) is 24.8 Å². The molecule has 94 valence electrons. The minimum Gasteiger partial charge on any atom is -0.359 e. The zero-order chi connectivity index (χ0) is 12.3. The lowest BCUT2D eigenvalue weighted by Crippen LogP contribution is -2.21. The minimum absolute atomic E-state index is 0.121. The van der Waals surface area contributed by atoms with E-state index in [0.29, 0.717) is 6.42 Å². The molecule has 0 radical (unpaired) electrons. The first-order valence-corrected chi connectivity index (χ1v) is 6.28. The van der Waals surface area contributed by atoms with E-state index in [-0.39, 0.29) is 5.91 Å². The molecule has 0 aliphatic rings. The molecule has 0 saturated carbocycles. The van der Waals surface area contributed by atoms with Crippen molar-refractivity contribution in [3.63, 3.8) is 0 Å². The van der Waals surface area contributed by atoms with Crippen LogP contribution >= 0.6 is 0 Å². The maximum atomic E-state index is 10.9. The van der Waals surface area contributed by atoms with E-state index in [1.807, 2.05) is 6.07 Å². The van der Waals surface area contributed by atoms with Crippen molar-refractivity contribution in [3.8, 4) is 0 Å². The Hall–Kier alpha value is -1.35. The van der Waals surface area contributed by atoms with Gasteiger partial charge in [0.15, 0.2) is 0 Å². The number of benzene rings is 1. The highest BCUT2D eigenvalue weighted by Gasteiger charge is 1.96. The molecule has 1 aromatic rings. The van der Waals surface area contributed by atoms with E-state index in [1.165, 1.54) is 5.56 Å². The van der Waals surface area contributed by atoms with Crippen molar-refractivity contribution in [1.29, 1.82) is 0 Å². The van der Waals surface area contributed by atoms with Gasteiger partial charge in [-0.05, 0) is 37.9 Å². The number of aryl methyl sites for hydroxylation is 1. The van der Waals surface area contributed by atoms with Crippen LogP contribution in [0.5, 0.6) is 0 Å². The number of amides is 1. The molecular weight excluding hydrogens is 212 g/mol. The van der Waals surface area contributed by atoms with E-state index in [9.17, 15) is 4.79 Å². The fraction of sp³-hybridized carbons (Fsp3) is 0.500. The normalized spacial score (nSPS) is 10.2.